The Bertz CT molecular complexity index is 867. The van der Waals surface area contributed by atoms with Crippen molar-refractivity contribution >= 4 is 12.1 Å². The molecular weight excluding hydrogens is 446 g/mol. The first-order valence-electron chi connectivity index (χ1n) is 12.3. The molecule has 35 heavy (non-hydrogen) atoms. The molecule has 190 valence electrons. The Labute approximate surface area is 208 Å². The maximum Gasteiger partial charge on any atom is 0.411 e. The number of piperidine rings is 1. The van der Waals surface area contributed by atoms with Gasteiger partial charge in [0, 0.05) is 6.54 Å². The van der Waals surface area contributed by atoms with Crippen LogP contribution < -0.4 is 0 Å². The molecular formula is C28H37NO6. The third-order valence-electron chi connectivity index (χ3n) is 5.52. The Morgan fingerprint density at radius 3 is 1.94 bits per heavy atom. The monoisotopic (exact) mass is 483 g/mol. The molecule has 0 N–H and O–H groups in total. The molecule has 0 radical (unpaired) electrons. The van der Waals surface area contributed by atoms with Gasteiger partial charge in [-0.15, -0.1) is 0 Å². The maximum atomic E-state index is 13.2. The number of hydrogen-bond donors (Lipinski definition) is 0. The lowest BCUT2D eigenvalue weighted by Gasteiger charge is -2.35. The molecule has 2 aromatic rings. The number of esters is 1. The minimum absolute atomic E-state index is 0.189. The Morgan fingerprint density at radius 2 is 1.43 bits per heavy atom. The minimum atomic E-state index is -0.677. The molecule has 3 rings (SSSR count). The minimum Gasteiger partial charge on any atom is -0.456 e. The summed E-state index contributed by atoms with van der Waals surface area (Å²) in [6.07, 6.45) is 1.13. The van der Waals surface area contributed by atoms with E-state index in [0.717, 1.165) is 24.0 Å². The molecule has 1 amide bonds. The van der Waals surface area contributed by atoms with Gasteiger partial charge in [0.2, 0.25) is 0 Å². The van der Waals surface area contributed by atoms with Crippen LogP contribution in [0.15, 0.2) is 60.7 Å². The van der Waals surface area contributed by atoms with Gasteiger partial charge in [-0.05, 0) is 51.2 Å². The highest BCUT2D eigenvalue weighted by Crippen LogP contribution is 2.22. The molecule has 1 aliphatic heterocycles. The Kier molecular flexibility index (Phi) is 10.1. The van der Waals surface area contributed by atoms with Crippen molar-refractivity contribution in [1.82, 2.24) is 4.90 Å². The van der Waals surface area contributed by atoms with E-state index in [2.05, 4.69) is 0 Å². The summed E-state index contributed by atoms with van der Waals surface area (Å²) in [5.74, 6) is -0.452. The lowest BCUT2D eigenvalue weighted by Crippen LogP contribution is -2.51. The van der Waals surface area contributed by atoms with E-state index >= 15 is 0 Å². The zero-order valence-corrected chi connectivity index (χ0v) is 21.0. The highest BCUT2D eigenvalue weighted by molar-refractivity contribution is 5.82. The molecule has 1 fully saturated rings. The number of carbonyl (C=O) groups excluding carboxylic acids is 2. The van der Waals surface area contributed by atoms with Gasteiger partial charge in [0.05, 0.1) is 26.4 Å². The molecule has 1 atom stereocenters. The highest BCUT2D eigenvalue weighted by Gasteiger charge is 2.36. The van der Waals surface area contributed by atoms with E-state index in [1.165, 1.54) is 4.90 Å². The van der Waals surface area contributed by atoms with Crippen molar-refractivity contribution in [3.8, 4) is 0 Å². The molecule has 0 saturated carbocycles. The number of hydrogen-bond acceptors (Lipinski definition) is 6. The number of rotatable bonds is 10. The van der Waals surface area contributed by atoms with Crippen molar-refractivity contribution in [2.24, 2.45) is 0 Å². The number of amides is 1. The average Bonchev–Trinajstić information content (AvgIpc) is 2.84. The highest BCUT2D eigenvalue weighted by atomic mass is 16.6. The third kappa shape index (κ3) is 9.34. The van der Waals surface area contributed by atoms with E-state index in [4.69, 9.17) is 18.9 Å². The molecule has 2 aromatic carbocycles. The second kappa shape index (κ2) is 13.3. The van der Waals surface area contributed by atoms with Crippen LogP contribution in [0.4, 0.5) is 4.79 Å². The molecule has 1 saturated heterocycles. The predicted molar refractivity (Wildman–Crippen MR) is 133 cm³/mol. The summed E-state index contributed by atoms with van der Waals surface area (Å²) in [6, 6.07) is 19.0. The van der Waals surface area contributed by atoms with Gasteiger partial charge < -0.3 is 18.9 Å². The summed E-state index contributed by atoms with van der Waals surface area (Å²) in [6.45, 7) is 7.09. The molecule has 0 aromatic heterocycles. The van der Waals surface area contributed by atoms with Crippen molar-refractivity contribution in [2.45, 2.75) is 71.0 Å². The van der Waals surface area contributed by atoms with E-state index in [1.54, 1.807) is 0 Å². The van der Waals surface area contributed by atoms with Crippen LogP contribution in [0.5, 0.6) is 0 Å². The van der Waals surface area contributed by atoms with Gasteiger partial charge in [0.15, 0.2) is 0 Å². The van der Waals surface area contributed by atoms with E-state index < -0.39 is 29.8 Å². The molecule has 1 aliphatic rings. The van der Waals surface area contributed by atoms with E-state index in [1.807, 2.05) is 81.4 Å². The summed E-state index contributed by atoms with van der Waals surface area (Å²) >= 11 is 0. The van der Waals surface area contributed by atoms with Gasteiger partial charge >= 0.3 is 12.1 Å². The first-order valence-corrected chi connectivity index (χ1v) is 12.3. The van der Waals surface area contributed by atoms with Gasteiger partial charge in [-0.1, -0.05) is 60.7 Å². The Balaban J connectivity index is 1.60. The van der Waals surface area contributed by atoms with Crippen LogP contribution in [0.1, 0.15) is 51.2 Å². The SMILES string of the molecule is CC(C)(C)OC(=O)N1CCCC[C@H]1C(=O)OC(COCc1ccccc1)COCc1ccccc1. The zero-order chi connectivity index (χ0) is 25.1. The fourth-order valence-corrected chi connectivity index (χ4v) is 3.84. The van der Waals surface area contributed by atoms with E-state index in [0.29, 0.717) is 26.2 Å². The number of benzene rings is 2. The fourth-order valence-electron chi connectivity index (χ4n) is 3.84. The summed E-state index contributed by atoms with van der Waals surface area (Å²) in [5.41, 5.74) is 1.43. The number of nitrogens with zero attached hydrogens (tertiary/aromatic N) is 1. The van der Waals surface area contributed by atoms with Crippen molar-refractivity contribution < 1.29 is 28.5 Å². The first kappa shape index (κ1) is 26.7. The molecule has 1 heterocycles. The van der Waals surface area contributed by atoms with Crippen molar-refractivity contribution in [3.63, 3.8) is 0 Å². The largest absolute Gasteiger partial charge is 0.456 e. The average molecular weight is 484 g/mol. The number of carbonyl (C=O) groups is 2. The lowest BCUT2D eigenvalue weighted by atomic mass is 10.0. The van der Waals surface area contributed by atoms with Gasteiger partial charge in [0.1, 0.15) is 17.7 Å². The quantitative estimate of drug-likeness (QED) is 0.437. The van der Waals surface area contributed by atoms with Crippen molar-refractivity contribution in [1.29, 1.82) is 0 Å². The standard InChI is InChI=1S/C28H37NO6/c1-28(2,3)35-27(31)29-17-11-10-16-25(29)26(30)34-24(20-32-18-22-12-6-4-7-13-22)21-33-19-23-14-8-5-9-15-23/h4-9,12-15,24-25H,10-11,16-21H2,1-3H3/t25-/m0/s1. The van der Waals surface area contributed by atoms with Crippen LogP contribution in [0, 0.1) is 0 Å². The van der Waals surface area contributed by atoms with Crippen LogP contribution in [0.2, 0.25) is 0 Å². The van der Waals surface area contributed by atoms with Gasteiger partial charge in [-0.25, -0.2) is 9.59 Å². The Hall–Kier alpha value is -2.90. The van der Waals surface area contributed by atoms with Crippen LogP contribution in [-0.4, -0.2) is 54.5 Å². The normalized spacial score (nSPS) is 16.2. The second-order valence-corrected chi connectivity index (χ2v) is 9.75. The molecule has 0 aliphatic carbocycles. The molecule has 0 bridgehead atoms. The van der Waals surface area contributed by atoms with E-state index in [-0.39, 0.29) is 13.2 Å². The smallest absolute Gasteiger partial charge is 0.411 e. The molecule has 7 nitrogen and oxygen atoms in total. The molecule has 7 heteroatoms. The zero-order valence-electron chi connectivity index (χ0n) is 21.0. The fraction of sp³-hybridized carbons (Fsp3) is 0.500. The topological polar surface area (TPSA) is 74.3 Å². The van der Waals surface area contributed by atoms with Crippen LogP contribution in [0.3, 0.4) is 0 Å². The number of likely N-dealkylation sites (tertiary alicyclic amines) is 1. The molecule has 0 unspecified atom stereocenters. The Morgan fingerprint density at radius 1 is 0.886 bits per heavy atom. The van der Waals surface area contributed by atoms with Crippen molar-refractivity contribution in [3.05, 3.63) is 71.8 Å². The summed E-state index contributed by atoms with van der Waals surface area (Å²) in [4.78, 5) is 27.4. The van der Waals surface area contributed by atoms with Gasteiger partial charge in [0.25, 0.3) is 0 Å². The third-order valence-corrected chi connectivity index (χ3v) is 5.52. The predicted octanol–water partition coefficient (Wildman–Crippen LogP) is 5.12. The van der Waals surface area contributed by atoms with Crippen LogP contribution in [0.25, 0.3) is 0 Å². The summed E-state index contributed by atoms with van der Waals surface area (Å²) in [7, 11) is 0. The maximum absolute atomic E-state index is 13.2. The van der Waals surface area contributed by atoms with Crippen LogP contribution in [-0.2, 0) is 37.0 Å². The van der Waals surface area contributed by atoms with Gasteiger partial charge in [-0.3, -0.25) is 4.90 Å². The summed E-state index contributed by atoms with van der Waals surface area (Å²) in [5, 5.41) is 0. The van der Waals surface area contributed by atoms with Crippen molar-refractivity contribution in [2.75, 3.05) is 19.8 Å². The van der Waals surface area contributed by atoms with Crippen LogP contribution >= 0.6 is 0 Å². The van der Waals surface area contributed by atoms with Gasteiger partial charge in [-0.2, -0.15) is 0 Å². The summed E-state index contributed by atoms with van der Waals surface area (Å²) < 4.78 is 23.1. The lowest BCUT2D eigenvalue weighted by molar-refractivity contribution is -0.164. The first-order chi connectivity index (χ1) is 16.8. The molecule has 0 spiro atoms. The van der Waals surface area contributed by atoms with E-state index in [9.17, 15) is 9.59 Å². The number of ether oxygens (including phenoxy) is 4. The second-order valence-electron chi connectivity index (χ2n) is 9.75.